The van der Waals surface area contributed by atoms with Gasteiger partial charge in [-0.2, -0.15) is 0 Å². The summed E-state index contributed by atoms with van der Waals surface area (Å²) in [5.41, 5.74) is -1.63. The number of ether oxygens (including phenoxy) is 2. The fourth-order valence-electron chi connectivity index (χ4n) is 1.97. The first-order chi connectivity index (χ1) is 9.62. The lowest BCUT2D eigenvalue weighted by atomic mass is 9.71. The first-order valence-corrected chi connectivity index (χ1v) is 6.16. The first kappa shape index (κ1) is 18.8. The van der Waals surface area contributed by atoms with Gasteiger partial charge in [0.05, 0.1) is 19.6 Å². The highest BCUT2D eigenvalue weighted by Crippen LogP contribution is 2.35. The minimum absolute atomic E-state index is 0.0273. The number of methoxy groups -OCH3 is 2. The van der Waals surface area contributed by atoms with Crippen LogP contribution in [0.25, 0.3) is 0 Å². The molecular weight excluding hydrogens is 276 g/mol. The molecule has 0 amide bonds. The van der Waals surface area contributed by atoms with Crippen LogP contribution in [0.3, 0.4) is 0 Å². The van der Waals surface area contributed by atoms with Gasteiger partial charge in [-0.15, -0.1) is 0 Å². The largest absolute Gasteiger partial charge is 0.466 e. The van der Waals surface area contributed by atoms with Gasteiger partial charge in [-0.05, 0) is 26.7 Å². The molecule has 0 N–H and O–H groups in total. The Morgan fingerprint density at radius 1 is 0.810 bits per heavy atom. The van der Waals surface area contributed by atoms with E-state index in [2.05, 4.69) is 22.6 Å². The fraction of sp³-hybridized carbons (Fsp3) is 0.467. The predicted octanol–water partition coefficient (Wildman–Crippen LogP) is 1.39. The molecule has 21 heavy (non-hydrogen) atoms. The first-order valence-electron chi connectivity index (χ1n) is 6.16. The van der Waals surface area contributed by atoms with E-state index in [1.807, 2.05) is 0 Å². The highest BCUT2D eigenvalue weighted by Gasteiger charge is 2.43. The molecule has 0 saturated heterocycles. The van der Waals surface area contributed by atoms with Crippen LogP contribution in [-0.2, 0) is 28.7 Å². The summed E-state index contributed by atoms with van der Waals surface area (Å²) in [5, 5.41) is 0. The van der Waals surface area contributed by atoms with Crippen molar-refractivity contribution in [2.24, 2.45) is 5.41 Å². The summed E-state index contributed by atoms with van der Waals surface area (Å²) in [7, 11) is 2.34. The Hall–Kier alpha value is -2.24. The molecule has 0 spiro atoms. The smallest absolute Gasteiger partial charge is 0.333 e. The van der Waals surface area contributed by atoms with Crippen molar-refractivity contribution >= 4 is 23.5 Å². The van der Waals surface area contributed by atoms with Gasteiger partial charge in [-0.1, -0.05) is 13.2 Å². The van der Waals surface area contributed by atoms with Crippen LogP contribution in [0.1, 0.15) is 26.7 Å². The van der Waals surface area contributed by atoms with Gasteiger partial charge in [0.2, 0.25) is 0 Å². The van der Waals surface area contributed by atoms with Gasteiger partial charge in [-0.25, -0.2) is 9.59 Å². The summed E-state index contributed by atoms with van der Waals surface area (Å²) < 4.78 is 9.03. The molecule has 0 aromatic rings. The number of hydrogen-bond acceptors (Lipinski definition) is 6. The molecule has 0 aliphatic heterocycles. The molecule has 0 unspecified atom stereocenters. The number of rotatable bonds is 8. The average Bonchev–Trinajstić information content (AvgIpc) is 2.43. The van der Waals surface area contributed by atoms with E-state index in [0.717, 1.165) is 0 Å². The van der Waals surface area contributed by atoms with Gasteiger partial charge < -0.3 is 9.47 Å². The topological polar surface area (TPSA) is 86.7 Å². The third-order valence-corrected chi connectivity index (χ3v) is 3.33. The number of ketones is 2. The molecule has 0 saturated carbocycles. The predicted molar refractivity (Wildman–Crippen MR) is 75.3 cm³/mol. The fourth-order valence-corrected chi connectivity index (χ4v) is 1.97. The molecule has 0 aliphatic carbocycles. The Morgan fingerprint density at radius 2 is 1.10 bits per heavy atom. The standard InChI is InChI=1S/C15H20O6/c1-9(13(18)20-5)7-15(11(3)16,12(4)17)8-10(2)14(19)21-6/h1-2,7-8H2,3-6H3. The molecular formula is C15H20O6. The Morgan fingerprint density at radius 3 is 1.29 bits per heavy atom. The second-order valence-electron chi connectivity index (χ2n) is 4.74. The molecule has 116 valence electrons. The summed E-state index contributed by atoms with van der Waals surface area (Å²) in [6.45, 7) is 9.48. The van der Waals surface area contributed by atoms with Crippen LogP contribution in [0, 0.1) is 5.41 Å². The zero-order valence-corrected chi connectivity index (χ0v) is 12.8. The summed E-state index contributed by atoms with van der Waals surface area (Å²) in [4.78, 5) is 46.9. The number of carbonyl (C=O) groups excluding carboxylic acids is 4. The van der Waals surface area contributed by atoms with Crippen molar-refractivity contribution in [1.82, 2.24) is 0 Å². The van der Waals surface area contributed by atoms with Crippen molar-refractivity contribution in [3.63, 3.8) is 0 Å². The van der Waals surface area contributed by atoms with Crippen LogP contribution in [0.2, 0.25) is 0 Å². The highest BCUT2D eigenvalue weighted by atomic mass is 16.5. The number of carbonyl (C=O) groups is 4. The Kier molecular flexibility index (Phi) is 6.72. The molecule has 0 heterocycles. The third kappa shape index (κ3) is 4.37. The van der Waals surface area contributed by atoms with Crippen LogP contribution < -0.4 is 0 Å². The van der Waals surface area contributed by atoms with E-state index < -0.39 is 28.9 Å². The van der Waals surface area contributed by atoms with E-state index in [0.29, 0.717) is 0 Å². The van der Waals surface area contributed by atoms with Crippen LogP contribution in [-0.4, -0.2) is 37.7 Å². The summed E-state index contributed by atoms with van der Waals surface area (Å²) in [6.07, 6.45) is -0.472. The van der Waals surface area contributed by atoms with Crippen molar-refractivity contribution in [2.75, 3.05) is 14.2 Å². The van der Waals surface area contributed by atoms with E-state index >= 15 is 0 Å². The Bertz CT molecular complexity index is 454. The SMILES string of the molecule is C=C(CC(CC(=C)C(=O)OC)(C(C)=O)C(C)=O)C(=O)OC. The number of esters is 2. The quantitative estimate of drug-likeness (QED) is 0.382. The monoisotopic (exact) mass is 296 g/mol. The number of Topliss-reactive ketones (excluding diaryl/α,β-unsaturated/α-hetero) is 2. The lowest BCUT2D eigenvalue weighted by Gasteiger charge is -2.29. The molecule has 6 heteroatoms. The van der Waals surface area contributed by atoms with Gasteiger partial charge in [0.1, 0.15) is 11.6 Å². The zero-order valence-electron chi connectivity index (χ0n) is 12.8. The summed E-state index contributed by atoms with van der Waals surface area (Å²) >= 11 is 0. The minimum Gasteiger partial charge on any atom is -0.466 e. The molecule has 0 fully saturated rings. The third-order valence-electron chi connectivity index (χ3n) is 3.33. The van der Waals surface area contributed by atoms with Gasteiger partial charge in [0.25, 0.3) is 0 Å². The normalized spacial score (nSPS) is 10.5. The highest BCUT2D eigenvalue weighted by molar-refractivity contribution is 6.07. The van der Waals surface area contributed by atoms with Crippen molar-refractivity contribution in [3.05, 3.63) is 24.3 Å². The maximum absolute atomic E-state index is 12.0. The maximum Gasteiger partial charge on any atom is 0.333 e. The van der Waals surface area contributed by atoms with Crippen LogP contribution >= 0.6 is 0 Å². The van der Waals surface area contributed by atoms with Gasteiger partial charge in [0, 0.05) is 11.1 Å². The van der Waals surface area contributed by atoms with Gasteiger partial charge >= 0.3 is 11.9 Å². The van der Waals surface area contributed by atoms with Crippen molar-refractivity contribution in [2.45, 2.75) is 26.7 Å². The van der Waals surface area contributed by atoms with E-state index in [4.69, 9.17) is 0 Å². The van der Waals surface area contributed by atoms with Crippen LogP contribution in [0.15, 0.2) is 24.3 Å². The summed E-state index contributed by atoms with van der Waals surface area (Å²) in [5.74, 6) is -2.40. The molecule has 6 nitrogen and oxygen atoms in total. The maximum atomic E-state index is 12.0. The summed E-state index contributed by atoms with van der Waals surface area (Å²) in [6, 6.07) is 0. The van der Waals surface area contributed by atoms with Crippen molar-refractivity contribution < 1.29 is 28.7 Å². The molecule has 0 rings (SSSR count). The minimum atomic E-state index is -1.57. The Balaban J connectivity index is 5.58. The van der Waals surface area contributed by atoms with Crippen molar-refractivity contribution in [3.8, 4) is 0 Å². The second kappa shape index (κ2) is 7.52. The van der Waals surface area contributed by atoms with Gasteiger partial charge in [0.15, 0.2) is 0 Å². The van der Waals surface area contributed by atoms with Crippen LogP contribution in [0.4, 0.5) is 0 Å². The van der Waals surface area contributed by atoms with E-state index in [9.17, 15) is 19.2 Å². The van der Waals surface area contributed by atoms with E-state index in [-0.39, 0.29) is 24.0 Å². The molecule has 0 aliphatic rings. The lowest BCUT2D eigenvalue weighted by Crippen LogP contribution is -2.39. The second-order valence-corrected chi connectivity index (χ2v) is 4.74. The van der Waals surface area contributed by atoms with Crippen molar-refractivity contribution in [1.29, 1.82) is 0 Å². The number of hydrogen-bond donors (Lipinski definition) is 0. The molecule has 0 atom stereocenters. The molecule has 0 radical (unpaired) electrons. The lowest BCUT2D eigenvalue weighted by molar-refractivity contribution is -0.140. The van der Waals surface area contributed by atoms with E-state index in [1.165, 1.54) is 28.1 Å². The Labute approximate surface area is 123 Å². The van der Waals surface area contributed by atoms with Crippen LogP contribution in [0.5, 0.6) is 0 Å². The molecule has 0 aromatic heterocycles. The zero-order chi connectivity index (χ0) is 16.8. The average molecular weight is 296 g/mol. The molecule has 0 aromatic carbocycles. The molecule has 0 bridgehead atoms. The van der Waals surface area contributed by atoms with Gasteiger partial charge in [-0.3, -0.25) is 9.59 Å². The van der Waals surface area contributed by atoms with E-state index in [1.54, 1.807) is 0 Å².